The maximum absolute atomic E-state index is 9.81. The molecule has 0 amide bonds. The van der Waals surface area contributed by atoms with Gasteiger partial charge in [0.05, 0.1) is 28.6 Å². The summed E-state index contributed by atoms with van der Waals surface area (Å²) in [6, 6.07) is 8.36. The van der Waals surface area contributed by atoms with E-state index in [9.17, 15) is 5.11 Å². The standard InChI is InChI=1S/C24H24N6O2S/c1-26-24-29-19-4-2-3-16(22(19)33-24)20-9-17-18(11-27-23(25)21(17)32-20)13-10-28-30(12-13)14-5-7-15(31)8-6-14/h2-4,9-12,14-15,31H,5-8H2,1H3,(H2,25,27)(H,26,29)/t14-,15-. The molecular weight excluding hydrogens is 436 g/mol. The summed E-state index contributed by atoms with van der Waals surface area (Å²) < 4.78 is 9.32. The van der Waals surface area contributed by atoms with E-state index < -0.39 is 0 Å². The molecule has 0 aliphatic heterocycles. The van der Waals surface area contributed by atoms with Crippen LogP contribution in [0.3, 0.4) is 0 Å². The summed E-state index contributed by atoms with van der Waals surface area (Å²) in [5.74, 6) is 1.09. The van der Waals surface area contributed by atoms with Gasteiger partial charge in [-0.2, -0.15) is 5.10 Å². The molecule has 5 aromatic rings. The number of anilines is 2. The fraction of sp³-hybridized carbons (Fsp3) is 0.292. The first-order valence-electron chi connectivity index (χ1n) is 11.1. The molecular formula is C24H24N6O2S. The number of nitrogens with two attached hydrogens (primary N) is 1. The summed E-state index contributed by atoms with van der Waals surface area (Å²) in [5.41, 5.74) is 10.6. The number of nitrogens with one attached hydrogen (secondary N) is 1. The van der Waals surface area contributed by atoms with Gasteiger partial charge in [0.25, 0.3) is 0 Å². The van der Waals surface area contributed by atoms with Gasteiger partial charge < -0.3 is 20.6 Å². The molecule has 8 nitrogen and oxygen atoms in total. The number of nitrogens with zero attached hydrogens (tertiary/aromatic N) is 4. The first kappa shape index (κ1) is 20.2. The molecule has 0 bridgehead atoms. The molecule has 9 heteroatoms. The summed E-state index contributed by atoms with van der Waals surface area (Å²) in [6.07, 6.45) is 9.03. The zero-order valence-corrected chi connectivity index (χ0v) is 19.0. The molecule has 6 rings (SSSR count). The van der Waals surface area contributed by atoms with Gasteiger partial charge in [-0.25, -0.2) is 9.97 Å². The van der Waals surface area contributed by atoms with Crippen molar-refractivity contribution in [3.63, 3.8) is 0 Å². The predicted molar refractivity (Wildman–Crippen MR) is 131 cm³/mol. The first-order valence-corrected chi connectivity index (χ1v) is 11.9. The fourth-order valence-electron chi connectivity index (χ4n) is 4.66. The van der Waals surface area contributed by atoms with Crippen molar-refractivity contribution in [3.8, 4) is 22.5 Å². The minimum absolute atomic E-state index is 0.186. The van der Waals surface area contributed by atoms with Crippen molar-refractivity contribution in [3.05, 3.63) is 42.9 Å². The summed E-state index contributed by atoms with van der Waals surface area (Å²) in [5, 5.41) is 19.3. The molecule has 1 fully saturated rings. The number of rotatable bonds is 4. The van der Waals surface area contributed by atoms with E-state index in [-0.39, 0.29) is 6.10 Å². The van der Waals surface area contributed by atoms with E-state index >= 15 is 0 Å². The predicted octanol–water partition coefficient (Wildman–Crippen LogP) is 5.07. The maximum Gasteiger partial charge on any atom is 0.183 e. The van der Waals surface area contributed by atoms with Crippen molar-refractivity contribution < 1.29 is 9.52 Å². The van der Waals surface area contributed by atoms with Crippen LogP contribution >= 0.6 is 11.3 Å². The summed E-state index contributed by atoms with van der Waals surface area (Å²) in [4.78, 5) is 9.00. The van der Waals surface area contributed by atoms with Gasteiger partial charge in [0, 0.05) is 41.5 Å². The minimum atomic E-state index is -0.186. The van der Waals surface area contributed by atoms with Crippen LogP contribution < -0.4 is 11.1 Å². The highest BCUT2D eigenvalue weighted by molar-refractivity contribution is 7.22. The number of aliphatic hydroxyl groups excluding tert-OH is 1. The van der Waals surface area contributed by atoms with Gasteiger partial charge in [0.2, 0.25) is 0 Å². The van der Waals surface area contributed by atoms with Gasteiger partial charge >= 0.3 is 0 Å². The molecule has 4 aromatic heterocycles. The fourth-order valence-corrected chi connectivity index (χ4v) is 5.59. The molecule has 1 saturated carbocycles. The molecule has 1 aliphatic carbocycles. The number of aromatic nitrogens is 4. The molecule has 0 spiro atoms. The molecule has 1 aliphatic rings. The number of furan rings is 1. The molecule has 0 saturated heterocycles. The normalized spacial score (nSPS) is 18.8. The van der Waals surface area contributed by atoms with Crippen LogP contribution in [0.2, 0.25) is 0 Å². The Balaban J connectivity index is 1.43. The van der Waals surface area contributed by atoms with Crippen LogP contribution in [0.15, 0.2) is 47.3 Å². The Morgan fingerprint density at radius 1 is 1.18 bits per heavy atom. The number of benzene rings is 1. The van der Waals surface area contributed by atoms with Crippen LogP contribution in [0.5, 0.6) is 0 Å². The van der Waals surface area contributed by atoms with Crippen molar-refractivity contribution >= 4 is 43.5 Å². The van der Waals surface area contributed by atoms with Crippen LogP contribution in [0, 0.1) is 0 Å². The number of pyridine rings is 1. The van der Waals surface area contributed by atoms with Crippen LogP contribution in [0.1, 0.15) is 31.7 Å². The summed E-state index contributed by atoms with van der Waals surface area (Å²) in [7, 11) is 1.87. The lowest BCUT2D eigenvalue weighted by Gasteiger charge is -2.25. The van der Waals surface area contributed by atoms with Crippen LogP contribution in [0.25, 0.3) is 43.6 Å². The smallest absolute Gasteiger partial charge is 0.183 e. The second kappa shape index (κ2) is 7.86. The van der Waals surface area contributed by atoms with Gasteiger partial charge in [0.1, 0.15) is 5.76 Å². The molecule has 4 N–H and O–H groups in total. The van der Waals surface area contributed by atoms with Crippen molar-refractivity contribution in [1.82, 2.24) is 19.7 Å². The van der Waals surface area contributed by atoms with Gasteiger partial charge in [-0.15, -0.1) is 0 Å². The lowest BCUT2D eigenvalue weighted by Crippen LogP contribution is -2.21. The van der Waals surface area contributed by atoms with E-state index in [1.807, 2.05) is 42.2 Å². The number of aliphatic hydroxyl groups is 1. The van der Waals surface area contributed by atoms with Gasteiger partial charge in [-0.05, 0) is 43.9 Å². The Labute approximate surface area is 194 Å². The lowest BCUT2D eigenvalue weighted by atomic mass is 9.93. The Morgan fingerprint density at radius 2 is 2.03 bits per heavy atom. The Bertz CT molecular complexity index is 1460. The lowest BCUT2D eigenvalue weighted by molar-refractivity contribution is 0.108. The van der Waals surface area contributed by atoms with Crippen LogP contribution in [-0.4, -0.2) is 38.0 Å². The molecule has 1 aromatic carbocycles. The minimum Gasteiger partial charge on any atom is -0.452 e. The van der Waals surface area contributed by atoms with E-state index in [0.29, 0.717) is 17.4 Å². The van der Waals surface area contributed by atoms with E-state index in [2.05, 4.69) is 26.6 Å². The van der Waals surface area contributed by atoms with E-state index in [4.69, 9.17) is 10.2 Å². The number of thiazole rings is 1. The average Bonchev–Trinajstić information content (AvgIpc) is 3.57. The largest absolute Gasteiger partial charge is 0.452 e. The van der Waals surface area contributed by atoms with Crippen LogP contribution in [0.4, 0.5) is 10.9 Å². The Hall–Kier alpha value is -3.43. The van der Waals surface area contributed by atoms with Gasteiger partial charge in [-0.3, -0.25) is 4.68 Å². The third-order valence-electron chi connectivity index (χ3n) is 6.43. The number of fused-ring (bicyclic) bond motifs is 2. The molecule has 4 heterocycles. The topological polar surface area (TPSA) is 115 Å². The second-order valence-corrected chi connectivity index (χ2v) is 9.50. The van der Waals surface area contributed by atoms with Crippen molar-refractivity contribution in [2.45, 2.75) is 37.8 Å². The van der Waals surface area contributed by atoms with Crippen LogP contribution in [-0.2, 0) is 0 Å². The molecule has 33 heavy (non-hydrogen) atoms. The molecule has 0 radical (unpaired) electrons. The number of nitrogen functional groups attached to an aromatic ring is 1. The van der Waals surface area contributed by atoms with Crippen molar-refractivity contribution in [2.75, 3.05) is 18.1 Å². The quantitative estimate of drug-likeness (QED) is 0.343. The number of hydrogen-bond acceptors (Lipinski definition) is 8. The van der Waals surface area contributed by atoms with Gasteiger partial charge in [-0.1, -0.05) is 17.4 Å². The highest BCUT2D eigenvalue weighted by atomic mass is 32.1. The highest BCUT2D eigenvalue weighted by Crippen LogP contribution is 2.41. The molecule has 0 atom stereocenters. The zero-order valence-electron chi connectivity index (χ0n) is 18.2. The molecule has 0 unspecified atom stereocenters. The van der Waals surface area contributed by atoms with Gasteiger partial charge in [0.15, 0.2) is 16.5 Å². The Morgan fingerprint density at radius 3 is 2.85 bits per heavy atom. The van der Waals surface area contributed by atoms with E-state index in [0.717, 1.165) is 68.9 Å². The average molecular weight is 461 g/mol. The maximum atomic E-state index is 9.81. The third-order valence-corrected chi connectivity index (χ3v) is 7.56. The van der Waals surface area contributed by atoms with Crippen molar-refractivity contribution in [2.24, 2.45) is 0 Å². The number of hydrogen-bond donors (Lipinski definition) is 3. The Kier molecular flexibility index (Phi) is 4.81. The zero-order chi connectivity index (χ0) is 22.5. The first-order chi connectivity index (χ1) is 16.1. The third kappa shape index (κ3) is 3.44. The highest BCUT2D eigenvalue weighted by Gasteiger charge is 2.23. The van der Waals surface area contributed by atoms with E-state index in [1.165, 1.54) is 0 Å². The SMILES string of the molecule is CNc1nc2cccc(-c3cc4c(-c5cnn([C@H]6CC[C@H](O)CC6)c5)cnc(N)c4o3)c2s1. The summed E-state index contributed by atoms with van der Waals surface area (Å²) >= 11 is 1.59. The molecule has 168 valence electrons. The summed E-state index contributed by atoms with van der Waals surface area (Å²) in [6.45, 7) is 0. The monoisotopic (exact) mass is 460 g/mol. The van der Waals surface area contributed by atoms with E-state index in [1.54, 1.807) is 17.5 Å². The second-order valence-electron chi connectivity index (χ2n) is 8.50. The van der Waals surface area contributed by atoms with Crippen molar-refractivity contribution in [1.29, 1.82) is 0 Å².